The number of hydrogen-bond acceptors (Lipinski definition) is 8. The van der Waals surface area contributed by atoms with Gasteiger partial charge >= 0.3 is 0 Å². The van der Waals surface area contributed by atoms with Gasteiger partial charge in [-0.25, -0.2) is 9.67 Å². The second-order valence-electron chi connectivity index (χ2n) is 12.3. The molecule has 3 aromatic rings. The van der Waals surface area contributed by atoms with Crippen LogP contribution in [-0.4, -0.2) is 71.4 Å². The van der Waals surface area contributed by atoms with E-state index in [0.717, 1.165) is 55.0 Å². The topological polar surface area (TPSA) is 104 Å². The van der Waals surface area contributed by atoms with Crippen LogP contribution in [0.5, 0.6) is 0 Å². The van der Waals surface area contributed by atoms with Gasteiger partial charge < -0.3 is 14.2 Å². The maximum Gasteiger partial charge on any atom is 0.231 e. The van der Waals surface area contributed by atoms with Gasteiger partial charge in [0.15, 0.2) is 0 Å². The molecule has 0 aliphatic carbocycles. The van der Waals surface area contributed by atoms with Gasteiger partial charge in [0.1, 0.15) is 12.5 Å². The summed E-state index contributed by atoms with van der Waals surface area (Å²) in [6.45, 7) is 10.1. The predicted molar refractivity (Wildman–Crippen MR) is 159 cm³/mol. The molecular weight excluding hydrogens is 555 g/mol. The highest BCUT2D eigenvalue weighted by Crippen LogP contribution is 2.32. The van der Waals surface area contributed by atoms with Crippen LogP contribution in [0.3, 0.4) is 0 Å². The molecule has 0 saturated carbocycles. The van der Waals surface area contributed by atoms with E-state index >= 15 is 0 Å². The van der Waals surface area contributed by atoms with E-state index in [-0.39, 0.29) is 24.7 Å². The van der Waals surface area contributed by atoms with Gasteiger partial charge in [0.25, 0.3) is 0 Å². The quantitative estimate of drug-likeness (QED) is 0.166. The molecule has 2 aliphatic rings. The van der Waals surface area contributed by atoms with Gasteiger partial charge in [-0.2, -0.15) is 39.3 Å². The smallest absolute Gasteiger partial charge is 0.231 e. The summed E-state index contributed by atoms with van der Waals surface area (Å²) in [4.78, 5) is 19.4. The third-order valence-corrected chi connectivity index (χ3v) is 9.45. The van der Waals surface area contributed by atoms with Crippen LogP contribution in [-0.2, 0) is 38.8 Å². The number of amides is 1. The lowest BCUT2D eigenvalue weighted by Gasteiger charge is -2.32. The molecule has 12 heteroatoms. The number of aromatic nitrogens is 5. The number of pyridine rings is 1. The minimum absolute atomic E-state index is 0.0223. The average molecular weight is 597 g/mol. The first kappa shape index (κ1) is 30.4. The zero-order valence-corrected chi connectivity index (χ0v) is 25.8. The summed E-state index contributed by atoms with van der Waals surface area (Å²) >= 11 is 0. The van der Waals surface area contributed by atoms with Crippen molar-refractivity contribution in [1.29, 1.82) is 0 Å². The Bertz CT molecular complexity index is 1330. The summed E-state index contributed by atoms with van der Waals surface area (Å²) in [5.74, 6) is -0.0402. The summed E-state index contributed by atoms with van der Waals surface area (Å²) in [5, 5.41) is 13.1. The Labute approximate surface area is 247 Å². The van der Waals surface area contributed by atoms with Crippen LogP contribution in [0.25, 0.3) is 11.3 Å². The molecular formula is C30H41FN6O4Si-. The molecule has 0 bridgehead atoms. The number of carbonyl (C=O) groups is 1. The highest BCUT2D eigenvalue weighted by atomic mass is 28.3. The molecule has 2 unspecified atom stereocenters. The maximum absolute atomic E-state index is 13.8. The molecule has 10 nitrogen and oxygen atoms in total. The first-order chi connectivity index (χ1) is 20.3. The lowest BCUT2D eigenvalue weighted by atomic mass is 9.91. The Kier molecular flexibility index (Phi) is 10.1. The van der Waals surface area contributed by atoms with Crippen LogP contribution in [0.2, 0.25) is 25.7 Å². The van der Waals surface area contributed by atoms with Crippen molar-refractivity contribution in [2.24, 2.45) is 5.92 Å². The fourth-order valence-corrected chi connectivity index (χ4v) is 6.06. The number of halogens is 1. The number of ether oxygens (including phenoxy) is 3. The minimum Gasteiger partial charge on any atom is -0.379 e. The average Bonchev–Trinajstić information content (AvgIpc) is 3.40. The van der Waals surface area contributed by atoms with Gasteiger partial charge in [0, 0.05) is 49.1 Å². The van der Waals surface area contributed by atoms with Crippen molar-refractivity contribution >= 4 is 19.8 Å². The van der Waals surface area contributed by atoms with Gasteiger partial charge in [-0.3, -0.25) is 9.69 Å². The molecule has 1 amide bonds. The second kappa shape index (κ2) is 13.9. The summed E-state index contributed by atoms with van der Waals surface area (Å²) in [5.41, 5.74) is 3.21. The largest absolute Gasteiger partial charge is 0.379 e. The zero-order valence-electron chi connectivity index (χ0n) is 24.8. The third kappa shape index (κ3) is 8.06. The SMILES string of the molecule is C[Si-](C)(C)CCOCn1nc(-c2cnncc2COC2CCCOC2)cc1N1CCCC(Cc2ccc(F)nc2)C1=O. The fourth-order valence-electron chi connectivity index (χ4n) is 5.30. The highest BCUT2D eigenvalue weighted by molar-refractivity contribution is 6.76. The molecule has 2 aliphatic heterocycles. The van der Waals surface area contributed by atoms with E-state index in [1.807, 2.05) is 11.0 Å². The minimum atomic E-state index is -1.27. The lowest BCUT2D eigenvalue weighted by Crippen LogP contribution is -2.43. The Hall–Kier alpha value is -3.06. The molecule has 0 spiro atoms. The van der Waals surface area contributed by atoms with Crippen LogP contribution in [0.15, 0.2) is 36.8 Å². The number of rotatable bonds is 12. The standard InChI is InChI=1S/C30H41FN6O4Si/c1-42(2,3)13-12-40-21-37-29(36-10-4-6-23(30(36)38)14-22-8-9-28(31)32-16-22)15-27(35-37)26-18-34-33-17-24(26)19-41-25-7-5-11-39-20-25/h8-9,15-18,23,25H,4-7,10-14,19-21H2,1-3H3/q-1. The number of carbonyl (C=O) groups excluding carboxylic acids is 1. The summed E-state index contributed by atoms with van der Waals surface area (Å²) < 4.78 is 32.9. The summed E-state index contributed by atoms with van der Waals surface area (Å²) in [7, 11) is -1.27. The van der Waals surface area contributed by atoms with Crippen molar-refractivity contribution in [3.8, 4) is 11.3 Å². The highest BCUT2D eigenvalue weighted by Gasteiger charge is 2.32. The van der Waals surface area contributed by atoms with Crippen molar-refractivity contribution in [1.82, 2.24) is 25.0 Å². The molecule has 3 aromatic heterocycles. The first-order valence-electron chi connectivity index (χ1n) is 14.8. The Balaban J connectivity index is 1.38. The van der Waals surface area contributed by atoms with Gasteiger partial charge in [0.2, 0.25) is 11.9 Å². The Morgan fingerprint density at radius 1 is 1.12 bits per heavy atom. The monoisotopic (exact) mass is 596 g/mol. The van der Waals surface area contributed by atoms with Crippen molar-refractivity contribution in [2.45, 2.75) is 77.2 Å². The number of hydrogen-bond donors (Lipinski definition) is 0. The number of anilines is 1. The van der Waals surface area contributed by atoms with Crippen LogP contribution in [0, 0.1) is 11.9 Å². The molecule has 42 heavy (non-hydrogen) atoms. The first-order valence-corrected chi connectivity index (χ1v) is 18.5. The van der Waals surface area contributed by atoms with Crippen LogP contribution in [0.1, 0.15) is 36.8 Å². The van der Waals surface area contributed by atoms with Gasteiger partial charge in [-0.1, -0.05) is 6.07 Å². The van der Waals surface area contributed by atoms with Crippen molar-refractivity contribution < 1.29 is 23.4 Å². The van der Waals surface area contributed by atoms with Crippen LogP contribution < -0.4 is 4.90 Å². The van der Waals surface area contributed by atoms with E-state index < -0.39 is 14.0 Å². The predicted octanol–water partition coefficient (Wildman–Crippen LogP) is 4.87. The van der Waals surface area contributed by atoms with E-state index in [2.05, 4.69) is 34.8 Å². The van der Waals surface area contributed by atoms with Crippen LogP contribution in [0.4, 0.5) is 10.2 Å². The van der Waals surface area contributed by atoms with Crippen LogP contribution >= 0.6 is 0 Å². The van der Waals surface area contributed by atoms with Gasteiger partial charge in [0.05, 0.1) is 37.4 Å². The fraction of sp³-hybridized carbons (Fsp3) is 0.567. The normalized spacial score (nSPS) is 19.8. The van der Waals surface area contributed by atoms with Crippen molar-refractivity contribution in [2.75, 3.05) is 31.3 Å². The zero-order chi connectivity index (χ0) is 29.5. The maximum atomic E-state index is 13.8. The van der Waals surface area contributed by atoms with E-state index in [4.69, 9.17) is 19.3 Å². The molecule has 2 atom stereocenters. The van der Waals surface area contributed by atoms with E-state index in [0.29, 0.717) is 44.3 Å². The number of piperidine rings is 1. The van der Waals surface area contributed by atoms with Crippen molar-refractivity contribution in [3.05, 3.63) is 53.9 Å². The number of nitrogens with zero attached hydrogens (tertiary/aromatic N) is 6. The third-order valence-electron chi connectivity index (χ3n) is 7.75. The van der Waals surface area contributed by atoms with Crippen molar-refractivity contribution in [3.63, 3.8) is 0 Å². The Morgan fingerprint density at radius 3 is 2.74 bits per heavy atom. The van der Waals surface area contributed by atoms with E-state index in [1.54, 1.807) is 23.1 Å². The molecule has 0 radical (unpaired) electrons. The Morgan fingerprint density at radius 2 is 1.98 bits per heavy atom. The summed E-state index contributed by atoms with van der Waals surface area (Å²) in [6.07, 6.45) is 9.04. The molecule has 2 saturated heterocycles. The lowest BCUT2D eigenvalue weighted by molar-refractivity contribution is -0.123. The molecule has 0 N–H and O–H groups in total. The summed E-state index contributed by atoms with van der Waals surface area (Å²) in [6, 6.07) is 6.01. The molecule has 5 rings (SSSR count). The van der Waals surface area contributed by atoms with Gasteiger partial charge in [-0.15, -0.1) is 14.1 Å². The van der Waals surface area contributed by atoms with Gasteiger partial charge in [-0.05, 0) is 43.7 Å². The molecule has 5 heterocycles. The second-order valence-corrected chi connectivity index (χ2v) is 18.0. The van der Waals surface area contributed by atoms with E-state index in [9.17, 15) is 9.18 Å². The molecule has 227 valence electrons. The van der Waals surface area contributed by atoms with E-state index in [1.165, 1.54) is 12.3 Å². The molecule has 2 fully saturated rings. The molecule has 0 aromatic carbocycles.